The number of halogens is 15. The van der Waals surface area contributed by atoms with Crippen molar-refractivity contribution in [3.05, 3.63) is 86.8 Å². The number of allylic oxidation sites excluding steroid dienone is 1. The van der Waals surface area contributed by atoms with Crippen molar-refractivity contribution in [3.8, 4) is 0 Å². The number of fused-ring (bicyclic) bond motifs is 1. The minimum atomic E-state index is -4.68. The van der Waals surface area contributed by atoms with Gasteiger partial charge in [0.05, 0.1) is 0 Å². The Labute approximate surface area is 245 Å². The van der Waals surface area contributed by atoms with Crippen LogP contribution in [0.4, 0.5) is 65.9 Å². The molecule has 5 aromatic carbocycles. The molecule has 236 valence electrons. The topological polar surface area (TPSA) is 0 Å². The van der Waals surface area contributed by atoms with Crippen LogP contribution in [-0.4, -0.2) is 20.5 Å². The molecule has 0 radical (unpaired) electrons. The Bertz CT molecular complexity index is 2200. The molecular formula is C28H10AsF15Si. The molecule has 2 atom stereocenters. The summed E-state index contributed by atoms with van der Waals surface area (Å²) in [5.41, 5.74) is -3.48. The second-order valence-corrected chi connectivity index (χ2v) is 29.4. The molecule has 0 fully saturated rings. The second kappa shape index (κ2) is 9.80. The summed E-state index contributed by atoms with van der Waals surface area (Å²) < 4.78 is 224. The number of alkyl halides is 1. The summed E-state index contributed by atoms with van der Waals surface area (Å²) in [6, 6.07) is 0. The third-order valence-electron chi connectivity index (χ3n) is 7.55. The molecule has 0 heterocycles. The average Bonchev–Trinajstić information content (AvgIpc) is 3.19. The summed E-state index contributed by atoms with van der Waals surface area (Å²) >= 11 is -4.68. The summed E-state index contributed by atoms with van der Waals surface area (Å²) in [6.45, 7) is -0.164. The predicted octanol–water partition coefficient (Wildman–Crippen LogP) is 8.91. The zero-order valence-corrected chi connectivity index (χ0v) is 25.1. The van der Waals surface area contributed by atoms with Gasteiger partial charge in [-0.2, -0.15) is 0 Å². The van der Waals surface area contributed by atoms with Crippen LogP contribution in [0.2, 0.25) is 19.6 Å². The molecule has 5 aromatic rings. The standard InChI is InChI=1S/C28H10AsF15Si/c1-45(2,3)29(13-14(30)10-11(20(36)26(13)42)24(40)28(44)23(10)39)12-6-4-5-8(16(32)15(6)31)21(37)27(43)22(38)9(5)18(34)17(33)7(4)19(35)25(12)41/h24H,1-3H3. The normalized spacial score (nSPS) is 16.3. The Balaban J connectivity index is 1.93. The molecule has 45 heavy (non-hydrogen) atoms. The molecule has 0 saturated heterocycles. The van der Waals surface area contributed by atoms with Crippen LogP contribution in [-0.2, 0) is 0 Å². The van der Waals surface area contributed by atoms with Gasteiger partial charge in [0.1, 0.15) is 0 Å². The van der Waals surface area contributed by atoms with Crippen molar-refractivity contribution in [2.45, 2.75) is 25.8 Å². The van der Waals surface area contributed by atoms with E-state index in [1.165, 1.54) is 19.6 Å². The second-order valence-electron chi connectivity index (χ2n) is 11.0. The van der Waals surface area contributed by atoms with E-state index in [0.717, 1.165) is 0 Å². The predicted molar refractivity (Wildman–Crippen MR) is 137 cm³/mol. The molecule has 0 amide bonds. The molecule has 17 heteroatoms. The van der Waals surface area contributed by atoms with Gasteiger partial charge in [0.2, 0.25) is 0 Å². The number of benzene rings is 5. The Morgan fingerprint density at radius 3 is 1.27 bits per heavy atom. The molecule has 0 spiro atoms. The molecule has 1 aliphatic carbocycles. The van der Waals surface area contributed by atoms with Crippen LogP contribution in [0.3, 0.4) is 0 Å². The van der Waals surface area contributed by atoms with Gasteiger partial charge in [-0.1, -0.05) is 0 Å². The first-order valence-corrected chi connectivity index (χ1v) is 20.5. The summed E-state index contributed by atoms with van der Waals surface area (Å²) in [4.78, 5) is 0. The van der Waals surface area contributed by atoms with Crippen LogP contribution < -0.4 is 8.70 Å². The zero-order valence-electron chi connectivity index (χ0n) is 22.2. The van der Waals surface area contributed by atoms with Gasteiger partial charge in [0, 0.05) is 0 Å². The molecule has 0 aliphatic heterocycles. The fourth-order valence-corrected chi connectivity index (χ4v) is 20.9. The number of rotatable bonds is 3. The fourth-order valence-electron chi connectivity index (χ4n) is 5.77. The van der Waals surface area contributed by atoms with Crippen LogP contribution >= 0.6 is 0 Å². The van der Waals surface area contributed by atoms with E-state index in [4.69, 9.17) is 0 Å². The summed E-state index contributed by atoms with van der Waals surface area (Å²) in [7, 11) is 0. The van der Waals surface area contributed by atoms with Crippen molar-refractivity contribution in [3.63, 3.8) is 0 Å². The Hall–Kier alpha value is -3.39. The van der Waals surface area contributed by atoms with Crippen LogP contribution in [0.5, 0.6) is 0 Å². The van der Waals surface area contributed by atoms with Gasteiger partial charge in [0.25, 0.3) is 0 Å². The SMILES string of the molecule is C[Si](C)(C)[As](c1c(F)c(F)c2c(c1F)C(F)=C(F)C2F)c1c(F)c(F)c2c(F)c(F)c3c(F)c(F)c(F)c4c(F)c(F)c1c2c34. The first-order chi connectivity index (χ1) is 20.8. The maximum atomic E-state index is 16.1. The molecule has 2 unspecified atom stereocenters. The molecule has 0 bridgehead atoms. The van der Waals surface area contributed by atoms with Gasteiger partial charge in [-0.25, -0.2) is 0 Å². The molecule has 0 N–H and O–H groups in total. The van der Waals surface area contributed by atoms with Gasteiger partial charge in [-0.05, 0) is 0 Å². The Morgan fingerprint density at radius 1 is 0.422 bits per heavy atom. The van der Waals surface area contributed by atoms with Crippen LogP contribution in [0.25, 0.3) is 38.1 Å². The van der Waals surface area contributed by atoms with E-state index in [2.05, 4.69) is 0 Å². The number of hydrogen-bond donors (Lipinski definition) is 0. The van der Waals surface area contributed by atoms with Gasteiger partial charge in [-0.3, -0.25) is 0 Å². The average molecular weight is 734 g/mol. The monoisotopic (exact) mass is 734 g/mol. The molecule has 0 aromatic heterocycles. The Kier molecular flexibility index (Phi) is 6.88. The van der Waals surface area contributed by atoms with E-state index in [9.17, 15) is 26.3 Å². The van der Waals surface area contributed by atoms with Crippen molar-refractivity contribution < 1.29 is 65.9 Å². The van der Waals surface area contributed by atoms with Crippen LogP contribution in [0, 0.1) is 69.8 Å². The van der Waals surface area contributed by atoms with Crippen LogP contribution in [0.15, 0.2) is 5.83 Å². The molecule has 0 nitrogen and oxygen atoms in total. The van der Waals surface area contributed by atoms with Gasteiger partial charge >= 0.3 is 246 Å². The van der Waals surface area contributed by atoms with Crippen molar-refractivity contribution in [2.24, 2.45) is 0 Å². The first-order valence-electron chi connectivity index (χ1n) is 12.4. The van der Waals surface area contributed by atoms with E-state index in [0.29, 0.717) is 0 Å². The number of hydrogen-bond acceptors (Lipinski definition) is 0. The van der Waals surface area contributed by atoms with E-state index < -0.39 is 160 Å². The van der Waals surface area contributed by atoms with Gasteiger partial charge in [0.15, 0.2) is 0 Å². The summed E-state index contributed by atoms with van der Waals surface area (Å²) in [5, 5.41) is -10.1. The maximum absolute atomic E-state index is 16.1. The molecule has 6 rings (SSSR count). The minimum absolute atomic E-state index is 1.18. The molecular weight excluding hydrogens is 724 g/mol. The molecule has 1 aliphatic rings. The van der Waals surface area contributed by atoms with E-state index >= 15 is 39.5 Å². The van der Waals surface area contributed by atoms with E-state index in [1.807, 2.05) is 0 Å². The third kappa shape index (κ3) is 3.78. The quantitative estimate of drug-likeness (QED) is 0.0572. The van der Waals surface area contributed by atoms with E-state index in [1.54, 1.807) is 0 Å². The fraction of sp³-hybridized carbons (Fsp3) is 0.143. The van der Waals surface area contributed by atoms with E-state index in [-0.39, 0.29) is 0 Å². The van der Waals surface area contributed by atoms with Crippen molar-refractivity contribution >= 4 is 67.4 Å². The first kappa shape index (κ1) is 31.6. The summed E-state index contributed by atoms with van der Waals surface area (Å²) in [5.74, 6) is -33.6. The van der Waals surface area contributed by atoms with Gasteiger partial charge in [-0.15, -0.1) is 0 Å². The van der Waals surface area contributed by atoms with Crippen molar-refractivity contribution in [1.82, 2.24) is 0 Å². The molecule has 0 saturated carbocycles. The zero-order chi connectivity index (χ0) is 33.5. The summed E-state index contributed by atoms with van der Waals surface area (Å²) in [6.07, 6.45) is -3.30. The van der Waals surface area contributed by atoms with Crippen LogP contribution in [0.1, 0.15) is 17.3 Å². The van der Waals surface area contributed by atoms with Crippen molar-refractivity contribution in [1.29, 1.82) is 0 Å². The van der Waals surface area contributed by atoms with Crippen molar-refractivity contribution in [2.75, 3.05) is 0 Å². The van der Waals surface area contributed by atoms with Gasteiger partial charge < -0.3 is 0 Å². The third-order valence-corrected chi connectivity index (χ3v) is 23.2. The Morgan fingerprint density at radius 2 is 0.800 bits per heavy atom.